The largest absolute Gasteiger partial charge is 0.310 e. The Kier molecular flexibility index (Phi) is 4.32. The van der Waals surface area contributed by atoms with Gasteiger partial charge in [-0.1, -0.05) is 27.7 Å². The Hall–Kier alpha value is -0.970. The van der Waals surface area contributed by atoms with Crippen molar-refractivity contribution in [3.8, 4) is 0 Å². The van der Waals surface area contributed by atoms with Crippen molar-refractivity contribution < 1.29 is 0 Å². The van der Waals surface area contributed by atoms with E-state index in [2.05, 4.69) is 48.5 Å². The average molecular weight is 251 g/mol. The zero-order valence-electron chi connectivity index (χ0n) is 11.9. The monoisotopic (exact) mass is 251 g/mol. The summed E-state index contributed by atoms with van der Waals surface area (Å²) in [6.45, 7) is 10.8. The molecule has 2 rings (SSSR count). The van der Waals surface area contributed by atoms with Crippen molar-refractivity contribution >= 4 is 0 Å². The van der Waals surface area contributed by atoms with E-state index in [0.29, 0.717) is 17.9 Å². The molecule has 102 valence electrons. The van der Waals surface area contributed by atoms with Crippen LogP contribution in [0, 0.1) is 17.8 Å². The predicted octanol–water partition coefficient (Wildman–Crippen LogP) is 2.03. The minimum Gasteiger partial charge on any atom is -0.310 e. The van der Waals surface area contributed by atoms with Crippen molar-refractivity contribution in [3.63, 3.8) is 0 Å². The van der Waals surface area contributed by atoms with Gasteiger partial charge >= 0.3 is 0 Å². The Morgan fingerprint density at radius 2 is 2.11 bits per heavy atom. The van der Waals surface area contributed by atoms with E-state index in [4.69, 9.17) is 0 Å². The average Bonchev–Trinajstić information content (AvgIpc) is 2.88. The molecule has 0 amide bonds. The normalized spacial score (nSPS) is 28.2. The van der Waals surface area contributed by atoms with Crippen molar-refractivity contribution in [3.05, 3.63) is 5.82 Å². The summed E-state index contributed by atoms with van der Waals surface area (Å²) < 4.78 is 2.04. The van der Waals surface area contributed by atoms with Gasteiger partial charge in [0.25, 0.3) is 0 Å². The van der Waals surface area contributed by atoms with Gasteiger partial charge in [0.15, 0.2) is 5.82 Å². The summed E-state index contributed by atoms with van der Waals surface area (Å²) in [5.41, 5.74) is 0. The lowest BCUT2D eigenvalue weighted by molar-refractivity contribution is 0.316. The summed E-state index contributed by atoms with van der Waals surface area (Å²) in [6.07, 6.45) is 2.48. The molecule has 3 unspecified atom stereocenters. The van der Waals surface area contributed by atoms with E-state index < -0.39 is 0 Å². The minimum absolute atomic E-state index is 0.478. The lowest BCUT2D eigenvalue weighted by Gasteiger charge is -2.19. The Morgan fingerprint density at radius 1 is 1.33 bits per heavy atom. The Balaban J connectivity index is 1.99. The molecule has 3 atom stereocenters. The predicted molar refractivity (Wildman–Crippen MR) is 71.0 cm³/mol. The third-order valence-electron chi connectivity index (χ3n) is 4.13. The van der Waals surface area contributed by atoms with E-state index in [9.17, 15) is 0 Å². The van der Waals surface area contributed by atoms with Crippen LogP contribution in [0.3, 0.4) is 0 Å². The zero-order valence-corrected chi connectivity index (χ0v) is 11.9. The summed E-state index contributed by atoms with van der Waals surface area (Å²) in [5, 5.41) is 15.6. The van der Waals surface area contributed by atoms with Gasteiger partial charge in [-0.2, -0.15) is 0 Å². The maximum absolute atomic E-state index is 4.20. The highest BCUT2D eigenvalue weighted by Crippen LogP contribution is 2.39. The molecule has 1 aliphatic rings. The molecule has 1 fully saturated rings. The van der Waals surface area contributed by atoms with Crippen LogP contribution in [0.2, 0.25) is 0 Å². The van der Waals surface area contributed by atoms with E-state index in [0.717, 1.165) is 24.8 Å². The Bertz CT molecular complexity index is 373. The van der Waals surface area contributed by atoms with Gasteiger partial charge in [0.05, 0.1) is 12.6 Å². The standard InChI is InChI=1S/C13H25N5/c1-9(2)7-14-8-13-15-16-17-18(13)12-6-5-10(3)11(12)4/h9-12,14H,5-8H2,1-4H3. The number of nitrogens with zero attached hydrogens (tertiary/aromatic N) is 4. The first-order valence-corrected chi connectivity index (χ1v) is 7.07. The molecular formula is C13H25N5. The first-order chi connectivity index (χ1) is 8.59. The highest BCUT2D eigenvalue weighted by Gasteiger charge is 2.33. The highest BCUT2D eigenvalue weighted by molar-refractivity contribution is 4.90. The van der Waals surface area contributed by atoms with Gasteiger partial charge < -0.3 is 5.32 Å². The molecule has 1 N–H and O–H groups in total. The van der Waals surface area contributed by atoms with Gasteiger partial charge in [-0.15, -0.1) is 5.10 Å². The molecular weight excluding hydrogens is 226 g/mol. The van der Waals surface area contributed by atoms with Crippen LogP contribution in [0.1, 0.15) is 52.4 Å². The zero-order chi connectivity index (χ0) is 13.1. The molecule has 0 saturated heterocycles. The number of tetrazole rings is 1. The molecule has 1 aromatic rings. The number of aromatic nitrogens is 4. The number of rotatable bonds is 5. The fourth-order valence-electron chi connectivity index (χ4n) is 2.74. The van der Waals surface area contributed by atoms with Crippen molar-refractivity contribution in [2.45, 2.75) is 53.1 Å². The van der Waals surface area contributed by atoms with Crippen LogP contribution in [0.25, 0.3) is 0 Å². The molecule has 1 saturated carbocycles. The third kappa shape index (κ3) is 2.88. The first kappa shape index (κ1) is 13.5. The van der Waals surface area contributed by atoms with Crippen LogP contribution in [0.15, 0.2) is 0 Å². The van der Waals surface area contributed by atoms with E-state index in [1.807, 2.05) is 4.68 Å². The molecule has 18 heavy (non-hydrogen) atoms. The van der Waals surface area contributed by atoms with Gasteiger partial charge in [0.2, 0.25) is 0 Å². The summed E-state index contributed by atoms with van der Waals surface area (Å²) in [4.78, 5) is 0. The fourth-order valence-corrected chi connectivity index (χ4v) is 2.74. The number of nitrogens with one attached hydrogen (secondary N) is 1. The number of hydrogen-bond acceptors (Lipinski definition) is 4. The van der Waals surface area contributed by atoms with E-state index in [-0.39, 0.29) is 0 Å². The molecule has 5 heteroatoms. The Labute approximate surface area is 109 Å². The van der Waals surface area contributed by atoms with Crippen LogP contribution in [-0.4, -0.2) is 26.8 Å². The second kappa shape index (κ2) is 5.78. The second-order valence-corrected chi connectivity index (χ2v) is 6.05. The van der Waals surface area contributed by atoms with Gasteiger partial charge in [0.1, 0.15) is 0 Å². The molecule has 0 radical (unpaired) electrons. The lowest BCUT2D eigenvalue weighted by Crippen LogP contribution is -2.24. The molecule has 0 bridgehead atoms. The first-order valence-electron chi connectivity index (χ1n) is 7.07. The molecule has 0 aromatic carbocycles. The van der Waals surface area contributed by atoms with Crippen LogP contribution >= 0.6 is 0 Å². The molecule has 5 nitrogen and oxygen atoms in total. The van der Waals surface area contributed by atoms with Crippen LogP contribution in [-0.2, 0) is 6.54 Å². The lowest BCUT2D eigenvalue weighted by atomic mass is 9.98. The highest BCUT2D eigenvalue weighted by atomic mass is 15.6. The minimum atomic E-state index is 0.478. The molecule has 1 aliphatic carbocycles. The van der Waals surface area contributed by atoms with Crippen molar-refractivity contribution in [2.75, 3.05) is 6.54 Å². The summed E-state index contributed by atoms with van der Waals surface area (Å²) in [6, 6.07) is 0.478. The van der Waals surface area contributed by atoms with Gasteiger partial charge in [0, 0.05) is 0 Å². The maximum Gasteiger partial charge on any atom is 0.165 e. The molecule has 0 aliphatic heterocycles. The van der Waals surface area contributed by atoms with E-state index in [1.165, 1.54) is 12.8 Å². The van der Waals surface area contributed by atoms with Crippen molar-refractivity contribution in [2.24, 2.45) is 17.8 Å². The quantitative estimate of drug-likeness (QED) is 0.870. The third-order valence-corrected chi connectivity index (χ3v) is 4.13. The van der Waals surface area contributed by atoms with Crippen molar-refractivity contribution in [1.29, 1.82) is 0 Å². The van der Waals surface area contributed by atoms with E-state index >= 15 is 0 Å². The second-order valence-electron chi connectivity index (χ2n) is 6.05. The Morgan fingerprint density at radius 3 is 2.72 bits per heavy atom. The van der Waals surface area contributed by atoms with Crippen LogP contribution < -0.4 is 5.32 Å². The molecule has 1 aromatic heterocycles. The smallest absolute Gasteiger partial charge is 0.165 e. The fraction of sp³-hybridized carbons (Fsp3) is 0.923. The summed E-state index contributed by atoms with van der Waals surface area (Å²) >= 11 is 0. The summed E-state index contributed by atoms with van der Waals surface area (Å²) in [7, 11) is 0. The topological polar surface area (TPSA) is 55.6 Å². The summed E-state index contributed by atoms with van der Waals surface area (Å²) in [5.74, 6) is 3.06. The SMILES string of the molecule is CC(C)CNCc1nnnn1C1CCC(C)C1C. The molecule has 0 spiro atoms. The van der Waals surface area contributed by atoms with E-state index in [1.54, 1.807) is 0 Å². The van der Waals surface area contributed by atoms with Crippen molar-refractivity contribution in [1.82, 2.24) is 25.5 Å². The van der Waals surface area contributed by atoms with Gasteiger partial charge in [-0.25, -0.2) is 4.68 Å². The number of hydrogen-bond donors (Lipinski definition) is 1. The van der Waals surface area contributed by atoms with Gasteiger partial charge in [-0.3, -0.25) is 0 Å². The van der Waals surface area contributed by atoms with Crippen LogP contribution in [0.4, 0.5) is 0 Å². The molecule has 1 heterocycles. The van der Waals surface area contributed by atoms with Gasteiger partial charge in [-0.05, 0) is 47.6 Å². The maximum atomic E-state index is 4.20. The van der Waals surface area contributed by atoms with Crippen LogP contribution in [0.5, 0.6) is 0 Å².